The fourth-order valence-electron chi connectivity index (χ4n) is 2.85. The number of rotatable bonds is 4. The van der Waals surface area contributed by atoms with Crippen molar-refractivity contribution >= 4 is 11.8 Å². The lowest BCUT2D eigenvalue weighted by atomic mass is 10.1. The van der Waals surface area contributed by atoms with Gasteiger partial charge in [0, 0.05) is 13.1 Å². The second kappa shape index (κ2) is 6.30. The Bertz CT molecular complexity index is 784. The number of carbonyl (C=O) groups excluding carboxylic acids is 1. The third-order valence-corrected chi connectivity index (χ3v) is 4.00. The molecule has 1 aliphatic rings. The number of nitrogens with zero attached hydrogens (tertiary/aromatic N) is 3. The number of benzene rings is 1. The quantitative estimate of drug-likeness (QED) is 0.790. The van der Waals surface area contributed by atoms with Gasteiger partial charge in [-0.25, -0.2) is 9.48 Å². The first-order chi connectivity index (χ1) is 11.8. The predicted molar refractivity (Wildman–Crippen MR) is 82.6 cm³/mol. The molecule has 0 bridgehead atoms. The zero-order valence-corrected chi connectivity index (χ0v) is 13.6. The van der Waals surface area contributed by atoms with Crippen LogP contribution in [0.3, 0.4) is 0 Å². The molecule has 0 unspecified atom stereocenters. The Morgan fingerprint density at radius 3 is 2.44 bits per heavy atom. The van der Waals surface area contributed by atoms with E-state index < -0.39 is 23.4 Å². The molecule has 0 saturated carbocycles. The largest absolute Gasteiger partial charge is 0.497 e. The molecule has 0 saturated heterocycles. The van der Waals surface area contributed by atoms with Crippen molar-refractivity contribution in [3.63, 3.8) is 0 Å². The van der Waals surface area contributed by atoms with Crippen molar-refractivity contribution in [2.75, 3.05) is 25.7 Å². The predicted octanol–water partition coefficient (Wildman–Crippen LogP) is 2.72. The minimum atomic E-state index is -4.73. The van der Waals surface area contributed by atoms with Crippen LogP contribution in [0.2, 0.25) is 0 Å². The van der Waals surface area contributed by atoms with Crippen LogP contribution in [-0.2, 0) is 24.0 Å². The fourth-order valence-corrected chi connectivity index (χ4v) is 2.85. The maximum absolute atomic E-state index is 13.2. The summed E-state index contributed by atoms with van der Waals surface area (Å²) in [5.74, 6) is -0.227. The summed E-state index contributed by atoms with van der Waals surface area (Å²) in [5.41, 5.74) is -0.880. The molecule has 0 amide bonds. The summed E-state index contributed by atoms with van der Waals surface area (Å²) in [7, 11) is 2.60. The van der Waals surface area contributed by atoms with E-state index in [2.05, 4.69) is 9.84 Å². The number of alkyl halides is 3. The molecule has 1 aromatic carbocycles. The molecule has 0 fully saturated rings. The average molecular weight is 355 g/mol. The monoisotopic (exact) mass is 355 g/mol. The number of halogens is 3. The first-order valence-corrected chi connectivity index (χ1v) is 7.49. The van der Waals surface area contributed by atoms with Gasteiger partial charge in [-0.2, -0.15) is 18.3 Å². The highest BCUT2D eigenvalue weighted by molar-refractivity contribution is 5.96. The summed E-state index contributed by atoms with van der Waals surface area (Å²) in [5, 5.41) is 3.58. The molecule has 0 aliphatic carbocycles. The molecule has 6 nitrogen and oxygen atoms in total. The lowest BCUT2D eigenvalue weighted by Gasteiger charge is -2.19. The zero-order chi connectivity index (χ0) is 18.2. The maximum Gasteiger partial charge on any atom is 0.436 e. The Hall–Kier alpha value is -2.71. The lowest BCUT2D eigenvalue weighted by Crippen LogP contribution is -2.23. The number of hydrogen-bond acceptors (Lipinski definition) is 5. The number of ether oxygens (including phenoxy) is 2. The molecule has 0 radical (unpaired) electrons. The maximum atomic E-state index is 13.2. The van der Waals surface area contributed by atoms with Crippen LogP contribution < -0.4 is 9.64 Å². The Balaban J connectivity index is 1.97. The minimum Gasteiger partial charge on any atom is -0.497 e. The van der Waals surface area contributed by atoms with Crippen LogP contribution >= 0.6 is 0 Å². The van der Waals surface area contributed by atoms with Gasteiger partial charge in [0.05, 0.1) is 20.8 Å². The van der Waals surface area contributed by atoms with E-state index in [1.165, 1.54) is 4.68 Å². The van der Waals surface area contributed by atoms with Crippen molar-refractivity contribution in [2.45, 2.75) is 19.3 Å². The summed E-state index contributed by atoms with van der Waals surface area (Å²) in [6, 6.07) is 7.18. The van der Waals surface area contributed by atoms with E-state index in [1.807, 2.05) is 12.1 Å². The molecule has 0 spiro atoms. The third-order valence-electron chi connectivity index (χ3n) is 4.00. The summed E-state index contributed by atoms with van der Waals surface area (Å²) >= 11 is 0. The number of hydrogen-bond donors (Lipinski definition) is 0. The van der Waals surface area contributed by atoms with E-state index in [4.69, 9.17) is 4.74 Å². The number of anilines is 1. The second-order valence-electron chi connectivity index (χ2n) is 5.53. The highest BCUT2D eigenvalue weighted by atomic mass is 19.4. The van der Waals surface area contributed by atoms with Gasteiger partial charge in [0.25, 0.3) is 0 Å². The van der Waals surface area contributed by atoms with Gasteiger partial charge in [-0.1, -0.05) is 12.1 Å². The fraction of sp³-hybridized carbons (Fsp3) is 0.375. The molecule has 0 N–H and O–H groups in total. The van der Waals surface area contributed by atoms with Crippen LogP contribution in [0, 0.1) is 0 Å². The molecule has 25 heavy (non-hydrogen) atoms. The number of aromatic nitrogens is 2. The molecular weight excluding hydrogens is 339 g/mol. The van der Waals surface area contributed by atoms with Crippen molar-refractivity contribution in [2.24, 2.45) is 0 Å². The summed E-state index contributed by atoms with van der Waals surface area (Å²) in [6.45, 7) is 1.07. The molecule has 1 aliphatic heterocycles. The normalized spacial score (nSPS) is 13.7. The van der Waals surface area contributed by atoms with Crippen LogP contribution in [0.1, 0.15) is 21.6 Å². The Morgan fingerprint density at radius 2 is 1.88 bits per heavy atom. The summed E-state index contributed by atoms with van der Waals surface area (Å²) in [4.78, 5) is 13.7. The van der Waals surface area contributed by atoms with Crippen LogP contribution in [0.15, 0.2) is 24.3 Å². The number of carbonyl (C=O) groups is 1. The first-order valence-electron chi connectivity index (χ1n) is 7.49. The average Bonchev–Trinajstić information content (AvgIpc) is 3.15. The smallest absolute Gasteiger partial charge is 0.436 e. The van der Waals surface area contributed by atoms with E-state index >= 15 is 0 Å². The Labute approximate surface area is 141 Å². The zero-order valence-electron chi connectivity index (χ0n) is 13.6. The lowest BCUT2D eigenvalue weighted by molar-refractivity contribution is -0.142. The molecule has 1 aromatic heterocycles. The topological polar surface area (TPSA) is 56.6 Å². The van der Waals surface area contributed by atoms with Gasteiger partial charge in [-0.15, -0.1) is 0 Å². The summed E-state index contributed by atoms with van der Waals surface area (Å²) < 4.78 is 50.5. The standard InChI is InChI=1S/C16H16F3N3O3/c1-24-11-5-3-10(4-6-11)9-21-7-8-22-14(21)12(15(23)25-2)13(20-22)16(17,18)19/h3-6H,7-9H2,1-2H3. The van der Waals surface area contributed by atoms with E-state index in [0.717, 1.165) is 12.7 Å². The highest BCUT2D eigenvalue weighted by Crippen LogP contribution is 2.38. The number of fused-ring (bicyclic) bond motifs is 1. The van der Waals surface area contributed by atoms with Gasteiger partial charge < -0.3 is 14.4 Å². The minimum absolute atomic E-state index is 0.134. The molecule has 2 heterocycles. The van der Waals surface area contributed by atoms with E-state index in [1.54, 1.807) is 24.1 Å². The Kier molecular flexibility index (Phi) is 4.32. The van der Waals surface area contributed by atoms with E-state index in [-0.39, 0.29) is 12.4 Å². The SMILES string of the molecule is COC(=O)c1c(C(F)(F)F)nn2c1N(Cc1ccc(OC)cc1)CC2. The first kappa shape index (κ1) is 17.1. The van der Waals surface area contributed by atoms with Gasteiger partial charge in [0.2, 0.25) is 0 Å². The second-order valence-corrected chi connectivity index (χ2v) is 5.53. The van der Waals surface area contributed by atoms with Crippen molar-refractivity contribution in [1.29, 1.82) is 0 Å². The van der Waals surface area contributed by atoms with Crippen molar-refractivity contribution in [3.8, 4) is 5.75 Å². The van der Waals surface area contributed by atoms with Crippen molar-refractivity contribution < 1.29 is 27.4 Å². The summed E-state index contributed by atoms with van der Waals surface area (Å²) in [6.07, 6.45) is -4.73. The van der Waals surface area contributed by atoms with Crippen LogP contribution in [0.25, 0.3) is 0 Å². The number of methoxy groups -OCH3 is 2. The van der Waals surface area contributed by atoms with Gasteiger partial charge in [-0.05, 0) is 17.7 Å². The van der Waals surface area contributed by atoms with Crippen LogP contribution in [0.5, 0.6) is 5.75 Å². The van der Waals surface area contributed by atoms with Crippen LogP contribution in [-0.4, -0.2) is 36.5 Å². The highest BCUT2D eigenvalue weighted by Gasteiger charge is 2.44. The Morgan fingerprint density at radius 1 is 1.20 bits per heavy atom. The van der Waals surface area contributed by atoms with Crippen molar-refractivity contribution in [1.82, 2.24) is 9.78 Å². The van der Waals surface area contributed by atoms with Crippen LogP contribution in [0.4, 0.5) is 19.0 Å². The molecule has 9 heteroatoms. The van der Waals surface area contributed by atoms with Gasteiger partial charge in [-0.3, -0.25) is 0 Å². The third kappa shape index (κ3) is 3.13. The molecule has 0 atom stereocenters. The molecule has 3 rings (SSSR count). The van der Waals surface area contributed by atoms with Gasteiger partial charge in [0.15, 0.2) is 5.69 Å². The molecular formula is C16H16F3N3O3. The number of esters is 1. The van der Waals surface area contributed by atoms with Gasteiger partial charge >= 0.3 is 12.1 Å². The van der Waals surface area contributed by atoms with E-state index in [9.17, 15) is 18.0 Å². The molecule has 2 aromatic rings. The molecule has 134 valence electrons. The van der Waals surface area contributed by atoms with Gasteiger partial charge in [0.1, 0.15) is 17.1 Å². The van der Waals surface area contributed by atoms with E-state index in [0.29, 0.717) is 18.8 Å². The van der Waals surface area contributed by atoms with Crippen molar-refractivity contribution in [3.05, 3.63) is 41.1 Å².